The number of phenolic OH excluding ortho intramolecular Hbond substituents is 1. The zero-order valence-electron chi connectivity index (χ0n) is 13.4. The van der Waals surface area contributed by atoms with Gasteiger partial charge < -0.3 is 0 Å². The van der Waals surface area contributed by atoms with Gasteiger partial charge in [0.1, 0.15) is 0 Å². The first-order valence-electron chi connectivity index (χ1n) is 7.23. The molecule has 1 N–H and O–H groups in total. The Kier molecular flexibility index (Phi) is 5.92. The second-order valence-electron chi connectivity index (χ2n) is 5.94. The third kappa shape index (κ3) is 6.52. The molecule has 122 valence electrons. The molecule has 0 saturated carbocycles. The molecule has 2 aromatic carbocycles. The molecule has 0 heterocycles. The van der Waals surface area contributed by atoms with Crippen LogP contribution in [0.1, 0.15) is 20.8 Å². The molecule has 0 unspecified atom stereocenters. The number of phenols is 1. The number of esters is 1. The minimum absolute atomic E-state index is 0.0920. The maximum absolute atomic E-state index is 11.6. The fraction of sp³-hybridized carbons (Fsp3) is 0.278. The predicted molar refractivity (Wildman–Crippen MR) is 90.9 cm³/mol. The van der Waals surface area contributed by atoms with Crippen molar-refractivity contribution in [2.75, 3.05) is 6.61 Å². The van der Waals surface area contributed by atoms with Crippen LogP contribution in [0.3, 0.4) is 0 Å². The Morgan fingerprint density at radius 3 is 2.04 bits per heavy atom. The Morgan fingerprint density at radius 2 is 1.52 bits per heavy atom. The average molecular weight is 428 g/mol. The molecular formula is C18H20O4Te. The average Bonchev–Trinajstić information content (AvgIpc) is 2.47. The molecule has 23 heavy (non-hydrogen) atoms. The van der Waals surface area contributed by atoms with Crippen molar-refractivity contribution in [3.63, 3.8) is 0 Å². The summed E-state index contributed by atoms with van der Waals surface area (Å²) in [4.78, 5) is 11.6. The number of hydrogen-bond donors (Lipinski definition) is 1. The summed E-state index contributed by atoms with van der Waals surface area (Å²) >= 11 is -0.491. The third-order valence-corrected chi connectivity index (χ3v) is 5.57. The molecule has 0 aliphatic rings. The van der Waals surface area contributed by atoms with Crippen molar-refractivity contribution in [2.24, 2.45) is 0 Å². The summed E-state index contributed by atoms with van der Waals surface area (Å²) in [6.07, 6.45) is 0. The van der Waals surface area contributed by atoms with Crippen molar-refractivity contribution < 1.29 is 19.4 Å². The Balaban J connectivity index is 1.87. The van der Waals surface area contributed by atoms with E-state index in [-0.39, 0.29) is 18.3 Å². The topological polar surface area (TPSA) is 55.8 Å². The van der Waals surface area contributed by atoms with Gasteiger partial charge in [-0.15, -0.1) is 0 Å². The van der Waals surface area contributed by atoms with Crippen molar-refractivity contribution in [1.82, 2.24) is 0 Å². The number of hydrogen-bond acceptors (Lipinski definition) is 4. The Morgan fingerprint density at radius 1 is 1.00 bits per heavy atom. The summed E-state index contributed by atoms with van der Waals surface area (Å²) in [5.41, 5.74) is -0.500. The van der Waals surface area contributed by atoms with Crippen LogP contribution in [0.15, 0.2) is 48.5 Å². The Hall–Kier alpha value is -1.70. The molecule has 2 rings (SSSR count). The molecule has 0 spiro atoms. The van der Waals surface area contributed by atoms with Crippen LogP contribution in [0, 0.1) is 0 Å². The van der Waals surface area contributed by atoms with Crippen molar-refractivity contribution in [1.29, 1.82) is 0 Å². The maximum atomic E-state index is 11.6. The minimum atomic E-state index is -0.500. The molecule has 5 heteroatoms. The number of aromatic hydroxyl groups is 1. The molecule has 0 bridgehead atoms. The van der Waals surface area contributed by atoms with Crippen molar-refractivity contribution in [3.8, 4) is 11.5 Å². The molecule has 0 atom stereocenters. The summed E-state index contributed by atoms with van der Waals surface area (Å²) in [7, 11) is 0. The predicted octanol–water partition coefficient (Wildman–Crippen LogP) is 1.77. The number of carbonyl (C=O) groups excluding carboxylic acids is 1. The molecule has 0 amide bonds. The van der Waals surface area contributed by atoms with E-state index in [0.29, 0.717) is 5.75 Å². The monoisotopic (exact) mass is 430 g/mol. The van der Waals surface area contributed by atoms with Gasteiger partial charge in [-0.2, -0.15) is 0 Å². The van der Waals surface area contributed by atoms with E-state index in [0.717, 1.165) is 0 Å². The summed E-state index contributed by atoms with van der Waals surface area (Å²) in [6.45, 7) is 5.39. The van der Waals surface area contributed by atoms with Crippen molar-refractivity contribution in [2.45, 2.75) is 26.4 Å². The van der Waals surface area contributed by atoms with E-state index >= 15 is 0 Å². The van der Waals surface area contributed by atoms with E-state index in [2.05, 4.69) is 0 Å². The van der Waals surface area contributed by atoms with Crippen molar-refractivity contribution >= 4 is 34.1 Å². The van der Waals surface area contributed by atoms with Gasteiger partial charge in [0.15, 0.2) is 0 Å². The first-order chi connectivity index (χ1) is 10.8. The SMILES string of the molecule is CC(C)(C)OC(=O)COc1ccc([Te]c2ccc(O)cc2)cc1. The molecule has 0 fully saturated rings. The Labute approximate surface area is 146 Å². The second kappa shape index (κ2) is 7.72. The number of benzene rings is 2. The molecule has 0 radical (unpaired) electrons. The number of rotatable bonds is 5. The standard InChI is InChI=1S/C18H20O4Te/c1-18(2,3)22-17(20)12-21-14-6-10-16(11-7-14)23-15-8-4-13(19)5-9-15/h4-11,19H,12H2,1-3H3. The van der Waals surface area contributed by atoms with Gasteiger partial charge >= 0.3 is 146 Å². The van der Waals surface area contributed by atoms with Crippen LogP contribution in [-0.2, 0) is 9.53 Å². The zero-order valence-corrected chi connectivity index (χ0v) is 15.7. The van der Waals surface area contributed by atoms with E-state index in [1.807, 2.05) is 57.2 Å². The number of ether oxygens (including phenoxy) is 2. The van der Waals surface area contributed by atoms with Crippen LogP contribution >= 0.6 is 0 Å². The van der Waals surface area contributed by atoms with E-state index in [1.54, 1.807) is 12.1 Å². The summed E-state index contributed by atoms with van der Waals surface area (Å²) in [5, 5.41) is 9.29. The van der Waals surface area contributed by atoms with Crippen LogP contribution in [0.4, 0.5) is 0 Å². The van der Waals surface area contributed by atoms with E-state index in [9.17, 15) is 9.90 Å². The molecule has 4 nitrogen and oxygen atoms in total. The van der Waals surface area contributed by atoms with Gasteiger partial charge in [-0.25, -0.2) is 0 Å². The van der Waals surface area contributed by atoms with E-state index in [4.69, 9.17) is 9.47 Å². The fourth-order valence-corrected chi connectivity index (χ4v) is 4.10. The summed E-state index contributed by atoms with van der Waals surface area (Å²) in [5.74, 6) is 0.560. The van der Waals surface area contributed by atoms with E-state index < -0.39 is 26.5 Å². The first-order valence-corrected chi connectivity index (χ1v) is 9.56. The quantitative estimate of drug-likeness (QED) is 0.583. The van der Waals surface area contributed by atoms with Crippen LogP contribution in [0.5, 0.6) is 11.5 Å². The van der Waals surface area contributed by atoms with Gasteiger partial charge in [0.25, 0.3) is 0 Å². The molecular weight excluding hydrogens is 408 g/mol. The fourth-order valence-electron chi connectivity index (χ4n) is 1.77. The second-order valence-corrected chi connectivity index (χ2v) is 9.22. The van der Waals surface area contributed by atoms with Gasteiger partial charge in [-0.1, -0.05) is 0 Å². The van der Waals surface area contributed by atoms with Crippen molar-refractivity contribution in [3.05, 3.63) is 48.5 Å². The molecule has 0 saturated heterocycles. The normalized spacial score (nSPS) is 11.1. The van der Waals surface area contributed by atoms with Crippen LogP contribution in [0.2, 0.25) is 0 Å². The third-order valence-electron chi connectivity index (χ3n) is 2.67. The van der Waals surface area contributed by atoms with Crippen LogP contribution < -0.4 is 12.0 Å². The summed E-state index contributed by atoms with van der Waals surface area (Å²) in [6, 6.07) is 15.1. The summed E-state index contributed by atoms with van der Waals surface area (Å²) < 4.78 is 13.1. The Bertz CT molecular complexity index is 642. The molecule has 0 aliphatic carbocycles. The van der Waals surface area contributed by atoms with Gasteiger partial charge in [0.05, 0.1) is 0 Å². The number of carbonyl (C=O) groups is 1. The molecule has 2 aromatic rings. The van der Waals surface area contributed by atoms with Gasteiger partial charge in [-0.05, 0) is 0 Å². The molecule has 0 aliphatic heterocycles. The van der Waals surface area contributed by atoms with Gasteiger partial charge in [-0.3, -0.25) is 0 Å². The van der Waals surface area contributed by atoms with E-state index in [1.165, 1.54) is 7.22 Å². The first kappa shape index (κ1) is 17.7. The zero-order chi connectivity index (χ0) is 16.9. The van der Waals surface area contributed by atoms with Crippen LogP contribution in [-0.4, -0.2) is 44.2 Å². The van der Waals surface area contributed by atoms with Gasteiger partial charge in [0, 0.05) is 0 Å². The molecule has 0 aromatic heterocycles. The van der Waals surface area contributed by atoms with Crippen LogP contribution in [0.25, 0.3) is 0 Å². The van der Waals surface area contributed by atoms with Gasteiger partial charge in [0.2, 0.25) is 0 Å².